The van der Waals surface area contributed by atoms with E-state index in [1.807, 2.05) is 27.7 Å². The SMILES string of the molecule is CCCN(CCC)S(=O)(=O)c1ccc(C(=O)NC(CC)(CC)CN)cc1. The van der Waals surface area contributed by atoms with Gasteiger partial charge in [-0.1, -0.05) is 27.7 Å². The Kier molecular flexibility index (Phi) is 8.73. The van der Waals surface area contributed by atoms with E-state index in [9.17, 15) is 13.2 Å². The largest absolute Gasteiger partial charge is 0.345 e. The van der Waals surface area contributed by atoms with Crippen LogP contribution in [0.4, 0.5) is 0 Å². The van der Waals surface area contributed by atoms with E-state index in [0.717, 1.165) is 25.7 Å². The van der Waals surface area contributed by atoms with Crippen molar-refractivity contribution in [2.45, 2.75) is 63.8 Å². The summed E-state index contributed by atoms with van der Waals surface area (Å²) < 4.78 is 27.0. The lowest BCUT2D eigenvalue weighted by Gasteiger charge is -2.31. The van der Waals surface area contributed by atoms with E-state index >= 15 is 0 Å². The van der Waals surface area contributed by atoms with Crippen LogP contribution < -0.4 is 11.1 Å². The Morgan fingerprint density at radius 3 is 1.92 bits per heavy atom. The van der Waals surface area contributed by atoms with Crippen molar-refractivity contribution < 1.29 is 13.2 Å². The van der Waals surface area contributed by atoms with Crippen molar-refractivity contribution in [3.63, 3.8) is 0 Å². The van der Waals surface area contributed by atoms with Crippen LogP contribution >= 0.6 is 0 Å². The van der Waals surface area contributed by atoms with E-state index in [2.05, 4.69) is 5.32 Å². The van der Waals surface area contributed by atoms with Gasteiger partial charge in [-0.25, -0.2) is 8.42 Å². The fraction of sp³-hybridized carbons (Fsp3) is 0.632. The molecule has 0 unspecified atom stereocenters. The zero-order chi connectivity index (χ0) is 19.8. The van der Waals surface area contributed by atoms with Crippen LogP contribution in [0.1, 0.15) is 63.7 Å². The molecule has 0 spiro atoms. The summed E-state index contributed by atoms with van der Waals surface area (Å²) in [5.41, 5.74) is 5.83. The lowest BCUT2D eigenvalue weighted by Crippen LogP contribution is -2.52. The molecule has 0 aliphatic carbocycles. The summed E-state index contributed by atoms with van der Waals surface area (Å²) in [4.78, 5) is 12.7. The van der Waals surface area contributed by atoms with Crippen LogP contribution in [0.3, 0.4) is 0 Å². The first-order valence-electron chi connectivity index (χ1n) is 9.43. The molecule has 0 saturated carbocycles. The molecule has 148 valence electrons. The van der Waals surface area contributed by atoms with Crippen LogP contribution in [0.15, 0.2) is 29.2 Å². The van der Waals surface area contributed by atoms with E-state index in [-0.39, 0.29) is 10.8 Å². The van der Waals surface area contributed by atoms with Crippen LogP contribution in [-0.2, 0) is 10.0 Å². The van der Waals surface area contributed by atoms with Gasteiger partial charge in [-0.2, -0.15) is 4.31 Å². The second-order valence-corrected chi connectivity index (χ2v) is 8.51. The number of nitrogens with zero attached hydrogens (tertiary/aromatic N) is 1. The number of hydrogen-bond acceptors (Lipinski definition) is 4. The van der Waals surface area contributed by atoms with Gasteiger partial charge in [0.15, 0.2) is 0 Å². The van der Waals surface area contributed by atoms with E-state index in [1.54, 1.807) is 12.1 Å². The molecule has 3 N–H and O–H groups in total. The standard InChI is InChI=1S/C19H33N3O3S/c1-5-13-22(14-6-2)26(24,25)17-11-9-16(10-12-17)18(23)21-19(7-3,8-4)15-20/h9-12H,5-8,13-15,20H2,1-4H3,(H,21,23). The van der Waals surface area contributed by atoms with E-state index < -0.39 is 15.6 Å². The van der Waals surface area contributed by atoms with Gasteiger partial charge in [0, 0.05) is 25.2 Å². The summed E-state index contributed by atoms with van der Waals surface area (Å²) in [6.45, 7) is 9.23. The molecule has 0 saturated heterocycles. The summed E-state index contributed by atoms with van der Waals surface area (Å²) in [5.74, 6) is -0.234. The summed E-state index contributed by atoms with van der Waals surface area (Å²) in [6, 6.07) is 6.13. The van der Waals surface area contributed by atoms with Gasteiger partial charge in [-0.3, -0.25) is 4.79 Å². The van der Waals surface area contributed by atoms with Crippen molar-refractivity contribution in [3.8, 4) is 0 Å². The third kappa shape index (κ3) is 5.28. The van der Waals surface area contributed by atoms with Crippen molar-refractivity contribution in [1.82, 2.24) is 9.62 Å². The number of nitrogens with two attached hydrogens (primary N) is 1. The summed E-state index contributed by atoms with van der Waals surface area (Å²) in [7, 11) is -3.54. The molecule has 0 bridgehead atoms. The number of sulfonamides is 1. The van der Waals surface area contributed by atoms with Crippen molar-refractivity contribution >= 4 is 15.9 Å². The number of carbonyl (C=O) groups excluding carboxylic acids is 1. The van der Waals surface area contributed by atoms with Gasteiger partial charge in [0.05, 0.1) is 10.4 Å². The molecule has 0 atom stereocenters. The maximum absolute atomic E-state index is 12.8. The normalized spacial score (nSPS) is 12.4. The fourth-order valence-corrected chi connectivity index (χ4v) is 4.48. The first-order chi connectivity index (χ1) is 12.3. The Labute approximate surface area is 158 Å². The summed E-state index contributed by atoms with van der Waals surface area (Å²) >= 11 is 0. The van der Waals surface area contributed by atoms with Gasteiger partial charge in [-0.05, 0) is 49.9 Å². The van der Waals surface area contributed by atoms with Crippen molar-refractivity contribution in [2.75, 3.05) is 19.6 Å². The van der Waals surface area contributed by atoms with Gasteiger partial charge in [0.2, 0.25) is 10.0 Å². The minimum absolute atomic E-state index is 0.215. The molecule has 1 rings (SSSR count). The maximum Gasteiger partial charge on any atom is 0.251 e. The minimum atomic E-state index is -3.54. The molecule has 26 heavy (non-hydrogen) atoms. The Hall–Kier alpha value is -1.44. The molecular formula is C19H33N3O3S. The van der Waals surface area contributed by atoms with Crippen molar-refractivity contribution in [2.24, 2.45) is 5.73 Å². The van der Waals surface area contributed by atoms with Gasteiger partial charge < -0.3 is 11.1 Å². The molecule has 1 aromatic rings. The molecule has 0 aliphatic heterocycles. The van der Waals surface area contributed by atoms with Gasteiger partial charge in [-0.15, -0.1) is 0 Å². The molecule has 0 aromatic heterocycles. The van der Waals surface area contributed by atoms with E-state index in [4.69, 9.17) is 5.73 Å². The fourth-order valence-electron chi connectivity index (χ4n) is 2.86. The molecule has 7 heteroatoms. The third-order valence-electron chi connectivity index (χ3n) is 4.82. The number of amides is 1. The second kappa shape index (κ2) is 10.0. The quantitative estimate of drug-likeness (QED) is 0.614. The number of hydrogen-bond donors (Lipinski definition) is 2. The minimum Gasteiger partial charge on any atom is -0.345 e. The van der Waals surface area contributed by atoms with E-state index in [1.165, 1.54) is 16.4 Å². The molecule has 0 aliphatic rings. The highest BCUT2D eigenvalue weighted by Gasteiger charge is 2.27. The monoisotopic (exact) mass is 383 g/mol. The zero-order valence-corrected chi connectivity index (χ0v) is 17.2. The molecule has 1 aromatic carbocycles. The second-order valence-electron chi connectivity index (χ2n) is 6.57. The van der Waals surface area contributed by atoms with Gasteiger partial charge in [0.25, 0.3) is 5.91 Å². The van der Waals surface area contributed by atoms with Crippen molar-refractivity contribution in [3.05, 3.63) is 29.8 Å². The highest BCUT2D eigenvalue weighted by atomic mass is 32.2. The zero-order valence-electron chi connectivity index (χ0n) is 16.4. The lowest BCUT2D eigenvalue weighted by molar-refractivity contribution is 0.0895. The van der Waals surface area contributed by atoms with Crippen LogP contribution in [0, 0.1) is 0 Å². The Morgan fingerprint density at radius 2 is 1.54 bits per heavy atom. The average Bonchev–Trinajstić information content (AvgIpc) is 2.66. The first kappa shape index (κ1) is 22.6. The Morgan fingerprint density at radius 1 is 1.04 bits per heavy atom. The molecule has 0 fully saturated rings. The molecule has 1 amide bonds. The molecule has 0 radical (unpaired) electrons. The highest BCUT2D eigenvalue weighted by molar-refractivity contribution is 7.89. The summed E-state index contributed by atoms with van der Waals surface area (Å²) in [6.07, 6.45) is 2.99. The Balaban J connectivity index is 3.02. The predicted octanol–water partition coefficient (Wildman–Crippen LogP) is 2.74. The number of nitrogens with one attached hydrogen (secondary N) is 1. The third-order valence-corrected chi connectivity index (χ3v) is 6.74. The van der Waals surface area contributed by atoms with Crippen LogP contribution in [-0.4, -0.2) is 43.8 Å². The topological polar surface area (TPSA) is 92.5 Å². The van der Waals surface area contributed by atoms with Crippen molar-refractivity contribution in [1.29, 1.82) is 0 Å². The number of carbonyl (C=O) groups is 1. The Bertz CT molecular complexity index is 654. The van der Waals surface area contributed by atoms with Crippen LogP contribution in [0.25, 0.3) is 0 Å². The number of rotatable bonds is 11. The predicted molar refractivity (Wildman–Crippen MR) is 106 cm³/mol. The highest BCUT2D eigenvalue weighted by Crippen LogP contribution is 2.19. The van der Waals surface area contributed by atoms with E-state index in [0.29, 0.717) is 25.2 Å². The number of benzene rings is 1. The lowest BCUT2D eigenvalue weighted by atomic mass is 9.92. The molecule has 6 nitrogen and oxygen atoms in total. The maximum atomic E-state index is 12.8. The van der Waals surface area contributed by atoms with Crippen LogP contribution in [0.5, 0.6) is 0 Å². The molecular weight excluding hydrogens is 350 g/mol. The van der Waals surface area contributed by atoms with Crippen LogP contribution in [0.2, 0.25) is 0 Å². The van der Waals surface area contributed by atoms with Gasteiger partial charge >= 0.3 is 0 Å². The molecule has 0 heterocycles. The first-order valence-corrected chi connectivity index (χ1v) is 10.9. The smallest absolute Gasteiger partial charge is 0.251 e. The van der Waals surface area contributed by atoms with Gasteiger partial charge in [0.1, 0.15) is 0 Å². The summed E-state index contributed by atoms with van der Waals surface area (Å²) in [5, 5.41) is 2.99. The average molecular weight is 384 g/mol.